The van der Waals surface area contributed by atoms with Gasteiger partial charge in [-0.3, -0.25) is 14.9 Å². The Labute approximate surface area is 115 Å². The highest BCUT2D eigenvalue weighted by Gasteiger charge is 2.36. The van der Waals surface area contributed by atoms with Crippen LogP contribution in [0.4, 0.5) is 5.69 Å². The molecular formula is C12H15N3O5. The highest BCUT2D eigenvalue weighted by Crippen LogP contribution is 2.34. The third kappa shape index (κ3) is 2.64. The minimum Gasteiger partial charge on any atom is -0.493 e. The van der Waals surface area contributed by atoms with Gasteiger partial charge in [-0.2, -0.15) is 0 Å². The van der Waals surface area contributed by atoms with Gasteiger partial charge < -0.3 is 20.5 Å². The topological polar surface area (TPSA) is 117 Å². The van der Waals surface area contributed by atoms with Crippen LogP contribution in [0.15, 0.2) is 12.1 Å². The van der Waals surface area contributed by atoms with E-state index < -0.39 is 10.8 Å². The summed E-state index contributed by atoms with van der Waals surface area (Å²) in [5.41, 5.74) is 5.18. The van der Waals surface area contributed by atoms with Crippen LogP contribution in [-0.4, -0.2) is 37.1 Å². The van der Waals surface area contributed by atoms with Crippen LogP contribution >= 0.6 is 0 Å². The maximum absolute atomic E-state index is 12.1. The first-order chi connectivity index (χ1) is 9.47. The van der Waals surface area contributed by atoms with Gasteiger partial charge in [0.05, 0.1) is 25.2 Å². The van der Waals surface area contributed by atoms with Crippen molar-refractivity contribution in [2.75, 3.05) is 14.2 Å². The molecule has 1 aliphatic rings. The van der Waals surface area contributed by atoms with Gasteiger partial charge in [-0.15, -0.1) is 0 Å². The molecule has 8 nitrogen and oxygen atoms in total. The molecule has 1 amide bonds. The van der Waals surface area contributed by atoms with Crippen LogP contribution in [0.25, 0.3) is 0 Å². The monoisotopic (exact) mass is 281 g/mol. The van der Waals surface area contributed by atoms with Crippen LogP contribution in [0.2, 0.25) is 0 Å². The molecule has 1 saturated carbocycles. The molecule has 0 aromatic heterocycles. The Bertz CT molecular complexity index is 560. The second-order valence-electron chi connectivity index (χ2n) is 4.46. The molecule has 8 heteroatoms. The minimum atomic E-state index is -0.635. The first-order valence-corrected chi connectivity index (χ1v) is 5.94. The zero-order valence-electron chi connectivity index (χ0n) is 11.1. The van der Waals surface area contributed by atoms with Crippen LogP contribution in [0.5, 0.6) is 11.5 Å². The number of nitrogens with one attached hydrogen (secondary N) is 1. The molecule has 20 heavy (non-hydrogen) atoms. The Hall–Kier alpha value is -2.35. The molecule has 1 aliphatic carbocycles. The smallest absolute Gasteiger partial charge is 0.286 e. The fourth-order valence-corrected chi connectivity index (χ4v) is 1.83. The Kier molecular flexibility index (Phi) is 3.75. The first kappa shape index (κ1) is 14.1. The molecule has 2 atom stereocenters. The fourth-order valence-electron chi connectivity index (χ4n) is 1.83. The average Bonchev–Trinajstić information content (AvgIpc) is 3.12. The van der Waals surface area contributed by atoms with E-state index in [0.29, 0.717) is 6.42 Å². The Balaban J connectivity index is 2.38. The van der Waals surface area contributed by atoms with Gasteiger partial charge in [-0.1, -0.05) is 0 Å². The van der Waals surface area contributed by atoms with E-state index in [-0.39, 0.29) is 34.8 Å². The summed E-state index contributed by atoms with van der Waals surface area (Å²) in [6.07, 6.45) is 0.673. The highest BCUT2D eigenvalue weighted by molar-refractivity contribution is 5.99. The lowest BCUT2D eigenvalue weighted by atomic mass is 10.1. The van der Waals surface area contributed by atoms with Crippen molar-refractivity contribution in [2.24, 2.45) is 5.73 Å². The molecule has 108 valence electrons. The molecular weight excluding hydrogens is 266 g/mol. The van der Waals surface area contributed by atoms with Crippen molar-refractivity contribution in [2.45, 2.75) is 18.5 Å². The molecule has 0 aliphatic heterocycles. The van der Waals surface area contributed by atoms with E-state index in [1.165, 1.54) is 26.4 Å². The number of benzene rings is 1. The van der Waals surface area contributed by atoms with Crippen molar-refractivity contribution in [1.82, 2.24) is 5.32 Å². The van der Waals surface area contributed by atoms with E-state index in [4.69, 9.17) is 15.2 Å². The molecule has 0 spiro atoms. The van der Waals surface area contributed by atoms with Crippen LogP contribution in [0, 0.1) is 10.1 Å². The van der Waals surface area contributed by atoms with Crippen LogP contribution < -0.4 is 20.5 Å². The largest absolute Gasteiger partial charge is 0.493 e. The number of nitrogens with zero attached hydrogens (tertiary/aromatic N) is 1. The van der Waals surface area contributed by atoms with Gasteiger partial charge in [0.1, 0.15) is 5.56 Å². The van der Waals surface area contributed by atoms with E-state index in [1.807, 2.05) is 0 Å². The van der Waals surface area contributed by atoms with E-state index >= 15 is 0 Å². The van der Waals surface area contributed by atoms with Gasteiger partial charge >= 0.3 is 0 Å². The van der Waals surface area contributed by atoms with E-state index in [9.17, 15) is 14.9 Å². The average molecular weight is 281 g/mol. The van der Waals surface area contributed by atoms with Crippen molar-refractivity contribution in [3.05, 3.63) is 27.8 Å². The van der Waals surface area contributed by atoms with Gasteiger partial charge in [0.2, 0.25) is 0 Å². The SMILES string of the molecule is COc1cc(C(=O)NC2CC2N)c([N+](=O)[O-])cc1OC. The Morgan fingerprint density at radius 1 is 1.40 bits per heavy atom. The first-order valence-electron chi connectivity index (χ1n) is 5.94. The van der Waals surface area contributed by atoms with Crippen molar-refractivity contribution in [1.29, 1.82) is 0 Å². The lowest BCUT2D eigenvalue weighted by Crippen LogP contribution is -2.30. The maximum Gasteiger partial charge on any atom is 0.286 e. The third-order valence-corrected chi connectivity index (χ3v) is 3.10. The Morgan fingerprint density at radius 2 is 1.95 bits per heavy atom. The number of nitro benzene ring substituents is 1. The standard InChI is InChI=1S/C12H15N3O5/c1-19-10-3-6(12(16)14-8-4-7(8)13)9(15(17)18)5-11(10)20-2/h3,5,7-8H,4,13H2,1-2H3,(H,14,16). The van der Waals surface area contributed by atoms with Crippen LogP contribution in [0.3, 0.4) is 0 Å². The van der Waals surface area contributed by atoms with Crippen molar-refractivity contribution >= 4 is 11.6 Å². The molecule has 1 aromatic rings. The van der Waals surface area contributed by atoms with Gasteiger partial charge in [-0.25, -0.2) is 0 Å². The van der Waals surface area contributed by atoms with Crippen molar-refractivity contribution in [3.63, 3.8) is 0 Å². The molecule has 1 fully saturated rings. The number of nitrogens with two attached hydrogens (primary N) is 1. The second kappa shape index (κ2) is 5.33. The number of amides is 1. The summed E-state index contributed by atoms with van der Waals surface area (Å²) in [6.45, 7) is 0. The number of carbonyl (C=O) groups excluding carboxylic acids is 1. The number of nitro groups is 1. The predicted octanol–water partition coefficient (Wildman–Crippen LogP) is 0.441. The van der Waals surface area contributed by atoms with Gasteiger partial charge in [-0.05, 0) is 6.42 Å². The van der Waals surface area contributed by atoms with E-state index in [2.05, 4.69) is 5.32 Å². The quantitative estimate of drug-likeness (QED) is 0.597. The fraction of sp³-hybridized carbons (Fsp3) is 0.417. The lowest BCUT2D eigenvalue weighted by molar-refractivity contribution is -0.385. The normalized spacial score (nSPS) is 20.1. The highest BCUT2D eigenvalue weighted by atomic mass is 16.6. The van der Waals surface area contributed by atoms with Gasteiger partial charge in [0, 0.05) is 18.2 Å². The number of carbonyl (C=O) groups is 1. The minimum absolute atomic E-state index is 0.0771. The predicted molar refractivity (Wildman–Crippen MR) is 70.0 cm³/mol. The number of hydrogen-bond acceptors (Lipinski definition) is 6. The summed E-state index contributed by atoms with van der Waals surface area (Å²) >= 11 is 0. The molecule has 0 radical (unpaired) electrons. The molecule has 0 saturated heterocycles. The molecule has 1 aromatic carbocycles. The summed E-state index contributed by atoms with van der Waals surface area (Å²) in [5.74, 6) is -0.0992. The number of hydrogen-bond donors (Lipinski definition) is 2. The maximum atomic E-state index is 12.1. The summed E-state index contributed by atoms with van der Waals surface area (Å²) < 4.78 is 10.0. The lowest BCUT2D eigenvalue weighted by Gasteiger charge is -2.10. The van der Waals surface area contributed by atoms with Crippen molar-refractivity contribution in [3.8, 4) is 11.5 Å². The van der Waals surface area contributed by atoms with Gasteiger partial charge in [0.15, 0.2) is 11.5 Å². The zero-order chi connectivity index (χ0) is 14.9. The Morgan fingerprint density at radius 3 is 2.40 bits per heavy atom. The summed E-state index contributed by atoms with van der Waals surface area (Å²) in [7, 11) is 2.76. The third-order valence-electron chi connectivity index (χ3n) is 3.10. The second-order valence-corrected chi connectivity index (χ2v) is 4.46. The number of rotatable bonds is 5. The zero-order valence-corrected chi connectivity index (χ0v) is 11.1. The number of methoxy groups -OCH3 is 2. The van der Waals surface area contributed by atoms with Gasteiger partial charge in [0.25, 0.3) is 11.6 Å². The molecule has 3 N–H and O–H groups in total. The van der Waals surface area contributed by atoms with E-state index in [0.717, 1.165) is 0 Å². The number of ether oxygens (including phenoxy) is 2. The van der Waals surface area contributed by atoms with Crippen LogP contribution in [-0.2, 0) is 0 Å². The molecule has 0 bridgehead atoms. The van der Waals surface area contributed by atoms with Crippen LogP contribution in [0.1, 0.15) is 16.8 Å². The molecule has 0 heterocycles. The summed E-state index contributed by atoms with van der Waals surface area (Å²) in [5, 5.41) is 13.7. The van der Waals surface area contributed by atoms with Crippen molar-refractivity contribution < 1.29 is 19.2 Å². The molecule has 2 rings (SSSR count). The van der Waals surface area contributed by atoms with E-state index in [1.54, 1.807) is 0 Å². The summed E-state index contributed by atoms with van der Waals surface area (Å²) in [6, 6.07) is 2.24. The summed E-state index contributed by atoms with van der Waals surface area (Å²) in [4.78, 5) is 22.5. The molecule has 2 unspecified atom stereocenters.